The van der Waals surface area contributed by atoms with E-state index in [2.05, 4.69) is 17.6 Å². The van der Waals surface area contributed by atoms with Crippen LogP contribution in [-0.4, -0.2) is 41.0 Å². The molecule has 0 aromatic heterocycles. The Bertz CT molecular complexity index is 1340. The van der Waals surface area contributed by atoms with Crippen molar-refractivity contribution in [3.05, 3.63) is 107 Å². The van der Waals surface area contributed by atoms with E-state index in [1.54, 1.807) is 25.7 Å². The van der Waals surface area contributed by atoms with Gasteiger partial charge >= 0.3 is 6.09 Å². The highest BCUT2D eigenvalue weighted by Crippen LogP contribution is 2.25. The molecule has 7 heteroatoms. The van der Waals surface area contributed by atoms with E-state index in [1.807, 2.05) is 91.9 Å². The predicted octanol–water partition coefficient (Wildman–Crippen LogP) is 7.68. The molecule has 2 atom stereocenters. The summed E-state index contributed by atoms with van der Waals surface area (Å²) in [5.41, 5.74) is 2.86. The van der Waals surface area contributed by atoms with Crippen LogP contribution in [0.15, 0.2) is 84.9 Å². The van der Waals surface area contributed by atoms with Crippen LogP contribution in [0.1, 0.15) is 94.5 Å². The zero-order valence-corrected chi connectivity index (χ0v) is 27.7. The molecule has 0 saturated heterocycles. The van der Waals surface area contributed by atoms with Gasteiger partial charge in [0.05, 0.1) is 0 Å². The number of nitrogens with zero attached hydrogens (tertiary/aromatic N) is 1. The van der Waals surface area contributed by atoms with Crippen molar-refractivity contribution in [1.82, 2.24) is 15.5 Å². The van der Waals surface area contributed by atoms with Gasteiger partial charge in [0.1, 0.15) is 17.7 Å². The van der Waals surface area contributed by atoms with Gasteiger partial charge in [0.2, 0.25) is 11.8 Å². The zero-order chi connectivity index (χ0) is 32.7. The van der Waals surface area contributed by atoms with Crippen molar-refractivity contribution in [1.29, 1.82) is 0 Å². The van der Waals surface area contributed by atoms with Crippen LogP contribution < -0.4 is 10.6 Å². The molecule has 0 radical (unpaired) electrons. The standard InChI is InChI=1S/C38H51N3O4/c1-6-7-8-9-10-17-25-41(36(43)33(27-30-20-13-11-14-21-30)40-37(44)45-38(3,4)5)34(32-24-18-19-29(2)26-32)35(42)39-28-31-22-15-12-16-23-31/h11-16,18-24,26,33-34H,6-10,17,25,27-28H2,1-5H3,(H,39,42)(H,40,44). The molecule has 3 aromatic rings. The molecule has 242 valence electrons. The molecule has 0 aliphatic carbocycles. The van der Waals surface area contributed by atoms with E-state index in [0.717, 1.165) is 54.4 Å². The van der Waals surface area contributed by atoms with Gasteiger partial charge in [0, 0.05) is 19.5 Å². The first kappa shape index (κ1) is 35.4. The van der Waals surface area contributed by atoms with Crippen LogP contribution in [0, 0.1) is 6.92 Å². The Kier molecular flexibility index (Phi) is 14.1. The molecular formula is C38H51N3O4. The molecule has 2 unspecified atom stereocenters. The third kappa shape index (κ3) is 12.4. The fraction of sp³-hybridized carbons (Fsp3) is 0.447. The molecule has 0 heterocycles. The fourth-order valence-corrected chi connectivity index (χ4v) is 5.32. The number of rotatable bonds is 16. The first-order valence-corrected chi connectivity index (χ1v) is 16.3. The van der Waals surface area contributed by atoms with Gasteiger partial charge in [-0.1, -0.05) is 130 Å². The van der Waals surface area contributed by atoms with Crippen LogP contribution in [-0.2, 0) is 27.3 Å². The maximum absolute atomic E-state index is 14.7. The number of hydrogen-bond acceptors (Lipinski definition) is 4. The molecule has 0 bridgehead atoms. The Labute approximate surface area is 269 Å². The van der Waals surface area contributed by atoms with Crippen LogP contribution in [0.2, 0.25) is 0 Å². The van der Waals surface area contributed by atoms with Gasteiger partial charge in [-0.25, -0.2) is 4.79 Å². The van der Waals surface area contributed by atoms with Crippen molar-refractivity contribution in [2.45, 2.75) is 104 Å². The molecule has 0 spiro atoms. The van der Waals surface area contributed by atoms with Crippen LogP contribution in [0.25, 0.3) is 0 Å². The third-order valence-electron chi connectivity index (χ3n) is 7.53. The molecule has 3 rings (SSSR count). The van der Waals surface area contributed by atoms with Crippen molar-refractivity contribution < 1.29 is 19.1 Å². The summed E-state index contributed by atoms with van der Waals surface area (Å²) in [5.74, 6) is -0.584. The Morgan fingerprint density at radius 1 is 0.800 bits per heavy atom. The maximum atomic E-state index is 14.7. The number of benzene rings is 3. The number of hydrogen-bond donors (Lipinski definition) is 2. The number of nitrogens with one attached hydrogen (secondary N) is 2. The Hall–Kier alpha value is -4.13. The summed E-state index contributed by atoms with van der Waals surface area (Å²) in [6.07, 6.45) is 5.81. The van der Waals surface area contributed by atoms with Gasteiger partial charge in [-0.3, -0.25) is 9.59 Å². The highest BCUT2D eigenvalue weighted by Gasteiger charge is 2.36. The number of aryl methyl sites for hydroxylation is 1. The monoisotopic (exact) mass is 613 g/mol. The molecular weight excluding hydrogens is 562 g/mol. The van der Waals surface area contributed by atoms with E-state index < -0.39 is 23.8 Å². The summed E-state index contributed by atoms with van der Waals surface area (Å²) in [6, 6.07) is 25.3. The van der Waals surface area contributed by atoms with Gasteiger partial charge in [-0.05, 0) is 50.8 Å². The molecule has 3 amide bonds. The molecule has 0 aliphatic heterocycles. The molecule has 7 nitrogen and oxygen atoms in total. The molecule has 3 aromatic carbocycles. The minimum Gasteiger partial charge on any atom is -0.444 e. The van der Waals surface area contributed by atoms with Gasteiger partial charge in [-0.2, -0.15) is 0 Å². The summed E-state index contributed by atoms with van der Waals surface area (Å²) in [5, 5.41) is 5.94. The Morgan fingerprint density at radius 2 is 1.42 bits per heavy atom. The van der Waals surface area contributed by atoms with Crippen LogP contribution >= 0.6 is 0 Å². The first-order chi connectivity index (χ1) is 21.6. The molecule has 0 fully saturated rings. The van der Waals surface area contributed by atoms with Gasteiger partial charge < -0.3 is 20.3 Å². The molecule has 2 N–H and O–H groups in total. The molecule has 45 heavy (non-hydrogen) atoms. The lowest BCUT2D eigenvalue weighted by molar-refractivity contribution is -0.142. The average molecular weight is 614 g/mol. The second-order valence-corrected chi connectivity index (χ2v) is 12.7. The smallest absolute Gasteiger partial charge is 0.408 e. The van der Waals surface area contributed by atoms with E-state index in [4.69, 9.17) is 4.74 Å². The Morgan fingerprint density at radius 3 is 2.04 bits per heavy atom. The van der Waals surface area contributed by atoms with Crippen molar-refractivity contribution >= 4 is 17.9 Å². The second kappa shape index (κ2) is 18.0. The lowest BCUT2D eigenvalue weighted by atomic mass is 9.98. The highest BCUT2D eigenvalue weighted by molar-refractivity contribution is 5.92. The normalized spacial score (nSPS) is 12.6. The van der Waals surface area contributed by atoms with E-state index in [-0.39, 0.29) is 18.2 Å². The lowest BCUT2D eigenvalue weighted by Crippen LogP contribution is -2.54. The van der Waals surface area contributed by atoms with Crippen LogP contribution in [0.3, 0.4) is 0 Å². The molecule has 0 aliphatic rings. The van der Waals surface area contributed by atoms with Crippen molar-refractivity contribution in [3.63, 3.8) is 0 Å². The first-order valence-electron chi connectivity index (χ1n) is 16.3. The number of carbonyl (C=O) groups is 3. The quantitative estimate of drug-likeness (QED) is 0.162. The minimum atomic E-state index is -0.934. The predicted molar refractivity (Wildman–Crippen MR) is 181 cm³/mol. The van der Waals surface area contributed by atoms with E-state index in [0.29, 0.717) is 13.1 Å². The van der Waals surface area contributed by atoms with Crippen LogP contribution in [0.5, 0.6) is 0 Å². The van der Waals surface area contributed by atoms with E-state index in [9.17, 15) is 14.4 Å². The lowest BCUT2D eigenvalue weighted by Gasteiger charge is -2.35. The number of alkyl carbamates (subject to hydrolysis) is 1. The maximum Gasteiger partial charge on any atom is 0.408 e. The summed E-state index contributed by atoms with van der Waals surface area (Å²) >= 11 is 0. The SMILES string of the molecule is CCCCCCCCN(C(=O)C(Cc1ccccc1)NC(=O)OC(C)(C)C)C(C(=O)NCc1ccccc1)c1cccc(C)c1. The van der Waals surface area contributed by atoms with E-state index in [1.165, 1.54) is 6.42 Å². The Balaban J connectivity index is 1.99. The van der Waals surface area contributed by atoms with Gasteiger partial charge in [0.15, 0.2) is 0 Å². The van der Waals surface area contributed by atoms with E-state index >= 15 is 0 Å². The largest absolute Gasteiger partial charge is 0.444 e. The van der Waals surface area contributed by atoms with Gasteiger partial charge in [-0.15, -0.1) is 0 Å². The average Bonchev–Trinajstić information content (AvgIpc) is 3.00. The highest BCUT2D eigenvalue weighted by atomic mass is 16.6. The second-order valence-electron chi connectivity index (χ2n) is 12.7. The summed E-state index contributed by atoms with van der Waals surface area (Å²) in [4.78, 5) is 43.5. The molecule has 0 saturated carbocycles. The van der Waals surface area contributed by atoms with Crippen molar-refractivity contribution in [2.24, 2.45) is 0 Å². The zero-order valence-electron chi connectivity index (χ0n) is 27.7. The van der Waals surface area contributed by atoms with Crippen molar-refractivity contribution in [3.8, 4) is 0 Å². The van der Waals surface area contributed by atoms with Gasteiger partial charge in [0.25, 0.3) is 0 Å². The number of ether oxygens (including phenoxy) is 1. The van der Waals surface area contributed by atoms with Crippen LogP contribution in [0.4, 0.5) is 4.79 Å². The summed E-state index contributed by atoms with van der Waals surface area (Å²) in [7, 11) is 0. The fourth-order valence-electron chi connectivity index (χ4n) is 5.32. The summed E-state index contributed by atoms with van der Waals surface area (Å²) < 4.78 is 5.57. The minimum absolute atomic E-state index is 0.262. The number of amides is 3. The summed E-state index contributed by atoms with van der Waals surface area (Å²) in [6.45, 7) is 10.2. The topological polar surface area (TPSA) is 87.7 Å². The van der Waals surface area contributed by atoms with Crippen molar-refractivity contribution in [2.75, 3.05) is 6.54 Å². The number of unbranched alkanes of at least 4 members (excludes halogenated alkanes) is 5. The number of carbonyl (C=O) groups excluding carboxylic acids is 3. The third-order valence-corrected chi connectivity index (χ3v) is 7.53.